The Kier molecular flexibility index (Phi) is 2.43. The molecule has 3 rings (SSSR count). The van der Waals surface area contributed by atoms with Gasteiger partial charge in [-0.25, -0.2) is 0 Å². The zero-order valence-corrected chi connectivity index (χ0v) is 12.6. The molecule has 0 aromatic carbocycles. The summed E-state index contributed by atoms with van der Waals surface area (Å²) < 4.78 is 16.9. The molecule has 4 nitrogen and oxygen atoms in total. The van der Waals surface area contributed by atoms with Crippen LogP contribution in [0.25, 0.3) is 0 Å². The molecule has 0 N–H and O–H groups in total. The maximum atomic E-state index is 6.21. The van der Waals surface area contributed by atoms with Crippen LogP contribution in [0.2, 0.25) is 0 Å². The van der Waals surface area contributed by atoms with E-state index in [4.69, 9.17) is 9.47 Å². The highest BCUT2D eigenvalue weighted by Gasteiger charge is 2.70. The quantitative estimate of drug-likeness (QED) is 0.625. The largest absolute Gasteiger partial charge is 0.703 e. The molecule has 1 saturated heterocycles. The molecule has 0 saturated carbocycles. The standard InChI is InChI=1S/C15H22N2O2/c1-9-11(3)16-7-8-17-12(4)10(2)14(6)19-15(16,17)18-13(9)5/h7-8H2,1-6H3/q+2. The van der Waals surface area contributed by atoms with E-state index >= 15 is 0 Å². The van der Waals surface area contributed by atoms with Gasteiger partial charge in [-0.15, -0.1) is 0 Å². The minimum atomic E-state index is -0.790. The van der Waals surface area contributed by atoms with Gasteiger partial charge in [-0.05, 0) is 27.7 Å². The van der Waals surface area contributed by atoms with Crippen LogP contribution < -0.4 is 0 Å². The number of hydrogen-bond donors (Lipinski definition) is 0. The second-order valence-electron chi connectivity index (χ2n) is 5.59. The van der Waals surface area contributed by atoms with Gasteiger partial charge in [0.2, 0.25) is 13.1 Å². The van der Waals surface area contributed by atoms with E-state index in [1.54, 1.807) is 0 Å². The smallest absolute Gasteiger partial charge is 0.346 e. The van der Waals surface area contributed by atoms with E-state index in [-0.39, 0.29) is 0 Å². The highest BCUT2D eigenvalue weighted by atomic mass is 16.7. The highest BCUT2D eigenvalue weighted by Crippen LogP contribution is 2.36. The molecule has 0 aromatic heterocycles. The predicted molar refractivity (Wildman–Crippen MR) is 73.3 cm³/mol. The van der Waals surface area contributed by atoms with Crippen LogP contribution in [-0.4, -0.2) is 39.7 Å². The molecule has 4 heteroatoms. The van der Waals surface area contributed by atoms with Crippen molar-refractivity contribution < 1.29 is 18.6 Å². The molecule has 3 aliphatic rings. The van der Waals surface area contributed by atoms with E-state index in [1.165, 1.54) is 22.6 Å². The molecular weight excluding hydrogens is 240 g/mol. The Bertz CT molecular complexity index is 552. The lowest BCUT2D eigenvalue weighted by molar-refractivity contribution is -0.874. The Morgan fingerprint density at radius 1 is 0.737 bits per heavy atom. The third-order valence-electron chi connectivity index (χ3n) is 4.75. The van der Waals surface area contributed by atoms with Crippen molar-refractivity contribution >= 4 is 11.4 Å². The summed E-state index contributed by atoms with van der Waals surface area (Å²) in [7, 11) is 0. The summed E-state index contributed by atoms with van der Waals surface area (Å²) in [6.07, 6.45) is 0. The van der Waals surface area contributed by atoms with Crippen molar-refractivity contribution in [2.24, 2.45) is 0 Å². The maximum absolute atomic E-state index is 6.21. The van der Waals surface area contributed by atoms with Gasteiger partial charge >= 0.3 is 6.03 Å². The summed E-state index contributed by atoms with van der Waals surface area (Å²) in [6, 6.07) is -0.790. The number of ether oxygens (including phenoxy) is 2. The maximum Gasteiger partial charge on any atom is 0.703 e. The lowest BCUT2D eigenvalue weighted by Crippen LogP contribution is -2.56. The van der Waals surface area contributed by atoms with E-state index in [2.05, 4.69) is 36.8 Å². The molecular formula is C15H22N2O2+2. The average Bonchev–Trinajstić information content (AvgIpc) is 2.72. The molecule has 19 heavy (non-hydrogen) atoms. The van der Waals surface area contributed by atoms with E-state index in [0.29, 0.717) is 0 Å². The van der Waals surface area contributed by atoms with Gasteiger partial charge in [-0.1, -0.05) is 9.15 Å². The molecule has 102 valence electrons. The van der Waals surface area contributed by atoms with Gasteiger partial charge in [0.1, 0.15) is 11.5 Å². The van der Waals surface area contributed by atoms with Gasteiger partial charge in [0, 0.05) is 13.8 Å². The summed E-state index contributed by atoms with van der Waals surface area (Å²) in [5, 5.41) is 0. The molecule has 0 atom stereocenters. The SMILES string of the molecule is CC1=C(C)C(C)=[N+]2CC[N+]3=C(C)C(C)=C(C)OC23O1. The normalized spacial score (nSPS) is 25.4. The lowest BCUT2D eigenvalue weighted by atomic mass is 10.1. The van der Waals surface area contributed by atoms with E-state index in [0.717, 1.165) is 24.6 Å². The summed E-state index contributed by atoms with van der Waals surface area (Å²) in [6.45, 7) is 14.4. The van der Waals surface area contributed by atoms with Crippen LogP contribution in [-0.2, 0) is 9.47 Å². The third kappa shape index (κ3) is 1.40. The Labute approximate surface area is 114 Å². The van der Waals surface area contributed by atoms with E-state index in [1.807, 2.05) is 13.8 Å². The minimum absolute atomic E-state index is 0.790. The van der Waals surface area contributed by atoms with Crippen LogP contribution in [0.3, 0.4) is 0 Å². The van der Waals surface area contributed by atoms with Crippen molar-refractivity contribution in [3.05, 3.63) is 22.7 Å². The number of nitrogens with zero attached hydrogens (tertiary/aromatic N) is 2. The Morgan fingerprint density at radius 2 is 1.11 bits per heavy atom. The first kappa shape index (κ1) is 12.5. The Morgan fingerprint density at radius 3 is 1.47 bits per heavy atom. The first-order valence-electron chi connectivity index (χ1n) is 6.84. The molecule has 0 amide bonds. The van der Waals surface area contributed by atoms with Crippen molar-refractivity contribution in [3.63, 3.8) is 0 Å². The van der Waals surface area contributed by atoms with Crippen molar-refractivity contribution in [1.29, 1.82) is 0 Å². The second kappa shape index (κ2) is 3.71. The van der Waals surface area contributed by atoms with Crippen LogP contribution in [0.5, 0.6) is 0 Å². The van der Waals surface area contributed by atoms with E-state index in [9.17, 15) is 0 Å². The van der Waals surface area contributed by atoms with Gasteiger partial charge < -0.3 is 9.47 Å². The fourth-order valence-corrected chi connectivity index (χ4v) is 3.10. The first-order chi connectivity index (χ1) is 8.88. The van der Waals surface area contributed by atoms with Gasteiger partial charge in [0.25, 0.3) is 0 Å². The molecule has 0 radical (unpaired) electrons. The minimum Gasteiger partial charge on any atom is -0.346 e. The van der Waals surface area contributed by atoms with Gasteiger partial charge in [0.15, 0.2) is 11.4 Å². The molecule has 3 aliphatic heterocycles. The topological polar surface area (TPSA) is 24.5 Å². The summed E-state index contributed by atoms with van der Waals surface area (Å²) in [4.78, 5) is 0. The van der Waals surface area contributed by atoms with Gasteiger partial charge in [-0.3, -0.25) is 0 Å². The zero-order chi connectivity index (χ0) is 13.9. The van der Waals surface area contributed by atoms with Crippen LogP contribution in [0.15, 0.2) is 22.7 Å². The van der Waals surface area contributed by atoms with Crippen LogP contribution in [0.1, 0.15) is 41.5 Å². The second-order valence-corrected chi connectivity index (χ2v) is 5.59. The van der Waals surface area contributed by atoms with Crippen molar-refractivity contribution in [3.8, 4) is 0 Å². The number of hydrogen-bond acceptors (Lipinski definition) is 2. The fraction of sp³-hybridized carbons (Fsp3) is 0.600. The molecule has 0 unspecified atom stereocenters. The Hall–Kier alpha value is -1.58. The summed E-state index contributed by atoms with van der Waals surface area (Å²) in [5.74, 6) is 1.89. The average molecular weight is 262 g/mol. The highest BCUT2D eigenvalue weighted by molar-refractivity contribution is 5.96. The first-order valence-corrected chi connectivity index (χ1v) is 6.84. The Balaban J connectivity index is 2.24. The predicted octanol–water partition coefficient (Wildman–Crippen LogP) is 2.21. The molecule has 3 heterocycles. The molecule has 1 spiro atoms. The van der Waals surface area contributed by atoms with Gasteiger partial charge in [-0.2, -0.15) is 0 Å². The van der Waals surface area contributed by atoms with Crippen molar-refractivity contribution in [2.75, 3.05) is 13.1 Å². The monoisotopic (exact) mass is 262 g/mol. The summed E-state index contributed by atoms with van der Waals surface area (Å²) >= 11 is 0. The molecule has 0 aromatic rings. The zero-order valence-electron chi connectivity index (χ0n) is 12.6. The van der Waals surface area contributed by atoms with Gasteiger partial charge in [0.05, 0.1) is 11.1 Å². The van der Waals surface area contributed by atoms with Crippen LogP contribution >= 0.6 is 0 Å². The van der Waals surface area contributed by atoms with Crippen LogP contribution in [0, 0.1) is 0 Å². The lowest BCUT2D eigenvalue weighted by Gasteiger charge is -2.29. The van der Waals surface area contributed by atoms with Crippen molar-refractivity contribution in [2.45, 2.75) is 47.6 Å². The fourth-order valence-electron chi connectivity index (χ4n) is 3.10. The van der Waals surface area contributed by atoms with Crippen molar-refractivity contribution in [1.82, 2.24) is 0 Å². The third-order valence-corrected chi connectivity index (χ3v) is 4.75. The molecule has 0 bridgehead atoms. The number of rotatable bonds is 0. The number of allylic oxidation sites excluding steroid dienone is 4. The van der Waals surface area contributed by atoms with E-state index < -0.39 is 6.03 Å². The molecule has 1 fully saturated rings. The van der Waals surface area contributed by atoms with Crippen LogP contribution in [0.4, 0.5) is 0 Å². The molecule has 0 aliphatic carbocycles. The summed E-state index contributed by atoms with van der Waals surface area (Å²) in [5.41, 5.74) is 4.90.